The summed E-state index contributed by atoms with van der Waals surface area (Å²) in [6.07, 6.45) is 2.69. The number of nitrogens with one attached hydrogen (secondary N) is 1. The molecule has 0 bridgehead atoms. The van der Waals surface area contributed by atoms with E-state index in [4.69, 9.17) is 4.74 Å². The molecule has 0 radical (unpaired) electrons. The summed E-state index contributed by atoms with van der Waals surface area (Å²) >= 11 is 1.24. The van der Waals surface area contributed by atoms with E-state index in [9.17, 15) is 0 Å². The molecular weight excluding hydrogens is 234 g/mol. The van der Waals surface area contributed by atoms with E-state index in [0.29, 0.717) is 0 Å². The van der Waals surface area contributed by atoms with Crippen molar-refractivity contribution in [2.75, 3.05) is 14.2 Å². The zero-order chi connectivity index (χ0) is 12.1. The van der Waals surface area contributed by atoms with Crippen LogP contribution in [0, 0.1) is 0 Å². The lowest BCUT2D eigenvalue weighted by Crippen LogP contribution is -2.19. The number of hydrogen-bond donors (Lipinski definition) is 1. The van der Waals surface area contributed by atoms with Crippen molar-refractivity contribution in [3.05, 3.63) is 41.7 Å². The topological polar surface area (TPSA) is 47.0 Å². The van der Waals surface area contributed by atoms with E-state index in [0.717, 1.165) is 17.9 Å². The van der Waals surface area contributed by atoms with Crippen LogP contribution in [0.1, 0.15) is 17.3 Å². The molecule has 90 valence electrons. The Hall–Kier alpha value is -1.46. The highest BCUT2D eigenvalue weighted by Crippen LogP contribution is 2.19. The van der Waals surface area contributed by atoms with E-state index in [-0.39, 0.29) is 6.04 Å². The number of hydrogen-bond acceptors (Lipinski definition) is 5. The molecule has 0 spiro atoms. The van der Waals surface area contributed by atoms with Crippen molar-refractivity contribution < 1.29 is 4.74 Å². The van der Waals surface area contributed by atoms with E-state index in [1.807, 2.05) is 31.4 Å². The molecule has 1 atom stereocenters. The van der Waals surface area contributed by atoms with Gasteiger partial charge in [-0.05, 0) is 31.2 Å². The fraction of sp³-hybridized carbons (Fsp3) is 0.333. The molecule has 1 aromatic heterocycles. The molecule has 17 heavy (non-hydrogen) atoms. The molecule has 0 fully saturated rings. The second-order valence-corrected chi connectivity index (χ2v) is 4.29. The van der Waals surface area contributed by atoms with Crippen molar-refractivity contribution in [3.8, 4) is 5.75 Å². The van der Waals surface area contributed by atoms with E-state index in [1.54, 1.807) is 7.11 Å². The Kier molecular flexibility index (Phi) is 4.06. The second-order valence-electron chi connectivity index (χ2n) is 3.73. The summed E-state index contributed by atoms with van der Waals surface area (Å²) in [6, 6.07) is 8.28. The van der Waals surface area contributed by atoms with Crippen LogP contribution >= 0.6 is 11.7 Å². The van der Waals surface area contributed by atoms with Gasteiger partial charge in [-0.2, -0.15) is 8.75 Å². The highest BCUT2D eigenvalue weighted by atomic mass is 32.1. The van der Waals surface area contributed by atoms with Crippen molar-refractivity contribution in [1.29, 1.82) is 0 Å². The van der Waals surface area contributed by atoms with Gasteiger partial charge < -0.3 is 10.1 Å². The minimum absolute atomic E-state index is 0.195. The summed E-state index contributed by atoms with van der Waals surface area (Å²) in [4.78, 5) is 0. The van der Waals surface area contributed by atoms with Crippen molar-refractivity contribution in [1.82, 2.24) is 14.1 Å². The van der Waals surface area contributed by atoms with Gasteiger partial charge in [0.25, 0.3) is 0 Å². The normalized spacial score (nSPS) is 12.4. The maximum atomic E-state index is 5.21. The largest absolute Gasteiger partial charge is 0.497 e. The number of aromatic nitrogens is 2. The van der Waals surface area contributed by atoms with Gasteiger partial charge >= 0.3 is 0 Å². The summed E-state index contributed by atoms with van der Waals surface area (Å²) < 4.78 is 13.5. The van der Waals surface area contributed by atoms with Gasteiger partial charge in [-0.15, -0.1) is 0 Å². The molecule has 0 aliphatic rings. The van der Waals surface area contributed by atoms with Crippen molar-refractivity contribution in [2.45, 2.75) is 12.5 Å². The number of methoxy groups -OCH3 is 1. The molecule has 4 nitrogen and oxygen atoms in total. The van der Waals surface area contributed by atoms with E-state index < -0.39 is 0 Å². The van der Waals surface area contributed by atoms with Crippen LogP contribution in [0.25, 0.3) is 0 Å². The lowest BCUT2D eigenvalue weighted by atomic mass is 10.0. The lowest BCUT2D eigenvalue weighted by molar-refractivity contribution is 0.414. The zero-order valence-electron chi connectivity index (χ0n) is 9.88. The van der Waals surface area contributed by atoms with Gasteiger partial charge in [0.1, 0.15) is 5.75 Å². The van der Waals surface area contributed by atoms with Crippen LogP contribution in [0.4, 0.5) is 0 Å². The van der Waals surface area contributed by atoms with Crippen LogP contribution in [0.15, 0.2) is 30.5 Å². The van der Waals surface area contributed by atoms with Crippen LogP contribution in [0.2, 0.25) is 0 Å². The van der Waals surface area contributed by atoms with Crippen LogP contribution in [0.5, 0.6) is 5.75 Å². The van der Waals surface area contributed by atoms with Gasteiger partial charge in [-0.1, -0.05) is 12.1 Å². The van der Waals surface area contributed by atoms with Gasteiger partial charge in [0.2, 0.25) is 0 Å². The first-order chi connectivity index (χ1) is 8.33. The van der Waals surface area contributed by atoms with Crippen LogP contribution in [-0.4, -0.2) is 22.9 Å². The van der Waals surface area contributed by atoms with Crippen molar-refractivity contribution in [2.24, 2.45) is 0 Å². The third-order valence-electron chi connectivity index (χ3n) is 2.66. The minimum atomic E-state index is 0.195. The Morgan fingerprint density at radius 1 is 1.47 bits per heavy atom. The standard InChI is InChI=1S/C12H15N3OS/c1-13-11(12-8-14-17-15-12)7-9-4-3-5-10(6-9)16-2/h3-6,8,11,13H,7H2,1-2H3. The third-order valence-corrected chi connectivity index (χ3v) is 3.15. The monoisotopic (exact) mass is 249 g/mol. The average molecular weight is 249 g/mol. The molecule has 0 aliphatic heterocycles. The summed E-state index contributed by atoms with van der Waals surface area (Å²) in [5.41, 5.74) is 2.21. The van der Waals surface area contributed by atoms with Crippen LogP contribution in [0.3, 0.4) is 0 Å². The Balaban J connectivity index is 2.13. The van der Waals surface area contributed by atoms with E-state index in [2.05, 4.69) is 20.1 Å². The molecule has 0 aliphatic carbocycles. The molecule has 1 unspecified atom stereocenters. The maximum absolute atomic E-state index is 5.21. The quantitative estimate of drug-likeness (QED) is 0.881. The van der Waals surface area contributed by atoms with Gasteiger partial charge in [-0.3, -0.25) is 0 Å². The van der Waals surface area contributed by atoms with E-state index >= 15 is 0 Å². The van der Waals surface area contributed by atoms with Gasteiger partial charge in [0.15, 0.2) is 0 Å². The zero-order valence-corrected chi connectivity index (χ0v) is 10.7. The first-order valence-electron chi connectivity index (χ1n) is 5.41. The fourth-order valence-corrected chi connectivity index (χ4v) is 2.19. The van der Waals surface area contributed by atoms with Crippen LogP contribution in [-0.2, 0) is 6.42 Å². The molecule has 0 amide bonds. The molecule has 2 rings (SSSR count). The summed E-state index contributed by atoms with van der Waals surface area (Å²) in [6.45, 7) is 0. The number of rotatable bonds is 5. The number of likely N-dealkylation sites (N-methyl/N-ethyl adjacent to an activating group) is 1. The first kappa shape index (κ1) is 12.0. The van der Waals surface area contributed by atoms with Gasteiger partial charge in [-0.25, -0.2) is 0 Å². The highest BCUT2D eigenvalue weighted by molar-refractivity contribution is 6.99. The predicted octanol–water partition coefficient (Wildman–Crippen LogP) is 2.05. The Bertz CT molecular complexity index is 459. The summed E-state index contributed by atoms with van der Waals surface area (Å²) in [5.74, 6) is 0.883. The average Bonchev–Trinajstić information content (AvgIpc) is 2.90. The number of benzene rings is 1. The second kappa shape index (κ2) is 5.75. The SMILES string of the molecule is CNC(Cc1cccc(OC)c1)c1cnsn1. The molecule has 0 saturated carbocycles. The van der Waals surface area contributed by atoms with E-state index in [1.165, 1.54) is 17.3 Å². The van der Waals surface area contributed by atoms with Crippen molar-refractivity contribution >= 4 is 11.7 Å². The maximum Gasteiger partial charge on any atom is 0.119 e. The van der Waals surface area contributed by atoms with Gasteiger partial charge in [0.05, 0.1) is 36.8 Å². The minimum Gasteiger partial charge on any atom is -0.497 e. The molecule has 0 saturated heterocycles. The first-order valence-corrected chi connectivity index (χ1v) is 6.14. The predicted molar refractivity (Wildman–Crippen MR) is 68.4 cm³/mol. The van der Waals surface area contributed by atoms with Crippen LogP contribution < -0.4 is 10.1 Å². The van der Waals surface area contributed by atoms with Gasteiger partial charge in [0, 0.05) is 0 Å². The molecule has 1 N–H and O–H groups in total. The highest BCUT2D eigenvalue weighted by Gasteiger charge is 2.12. The molecular formula is C12H15N3OS. The lowest BCUT2D eigenvalue weighted by Gasteiger charge is -2.13. The molecule has 1 aromatic carbocycles. The number of nitrogens with zero attached hydrogens (tertiary/aromatic N) is 2. The third kappa shape index (κ3) is 3.01. The van der Waals surface area contributed by atoms with Crippen molar-refractivity contribution in [3.63, 3.8) is 0 Å². The Morgan fingerprint density at radius 3 is 3.00 bits per heavy atom. The number of ether oxygens (including phenoxy) is 1. The Labute approximate surface area is 105 Å². The molecule has 5 heteroatoms. The summed E-state index contributed by atoms with van der Waals surface area (Å²) in [7, 11) is 3.61. The smallest absolute Gasteiger partial charge is 0.119 e. The molecule has 1 heterocycles. The summed E-state index contributed by atoms with van der Waals surface area (Å²) in [5, 5.41) is 3.25. The Morgan fingerprint density at radius 2 is 2.35 bits per heavy atom. The molecule has 2 aromatic rings. The fourth-order valence-electron chi connectivity index (χ4n) is 1.72.